The topological polar surface area (TPSA) is 76.3 Å². The number of carbonyl (C=O) groups is 1. The molecule has 30 heavy (non-hydrogen) atoms. The molecule has 0 saturated carbocycles. The Morgan fingerprint density at radius 1 is 1.27 bits per heavy atom. The summed E-state index contributed by atoms with van der Waals surface area (Å²) >= 11 is 0. The monoisotopic (exact) mass is 414 g/mol. The van der Waals surface area contributed by atoms with Crippen LogP contribution < -0.4 is 10.5 Å². The van der Waals surface area contributed by atoms with Crippen LogP contribution in [0.2, 0.25) is 0 Å². The molecule has 2 aromatic rings. The number of carbonyl (C=O) groups excluding carboxylic acids is 1. The highest BCUT2D eigenvalue weighted by molar-refractivity contribution is 5.92. The van der Waals surface area contributed by atoms with Crippen molar-refractivity contribution in [3.63, 3.8) is 0 Å². The summed E-state index contributed by atoms with van der Waals surface area (Å²) in [7, 11) is 3.76. The first kappa shape index (κ1) is 22.1. The predicted molar refractivity (Wildman–Crippen MR) is 118 cm³/mol. The van der Waals surface area contributed by atoms with Crippen molar-refractivity contribution in [1.29, 1.82) is 0 Å². The van der Waals surface area contributed by atoms with E-state index in [4.69, 9.17) is 0 Å². The van der Waals surface area contributed by atoms with E-state index in [2.05, 4.69) is 44.8 Å². The molecule has 1 amide bonds. The SMILES string of the molecule is CC(C)N(C)c1cnn([C@@H]2CCCN(C(=O)c3cc(C(C)(C)C)nn3C)C2)c(=O)c1. The molecule has 0 spiro atoms. The molecule has 1 fully saturated rings. The van der Waals surface area contributed by atoms with E-state index >= 15 is 0 Å². The largest absolute Gasteiger partial charge is 0.371 e. The fourth-order valence-electron chi connectivity index (χ4n) is 3.71. The van der Waals surface area contributed by atoms with Crippen molar-refractivity contribution in [2.75, 3.05) is 25.0 Å². The number of piperidine rings is 1. The molecule has 0 radical (unpaired) electrons. The van der Waals surface area contributed by atoms with Crippen LogP contribution in [0.5, 0.6) is 0 Å². The average Bonchev–Trinajstić information content (AvgIpc) is 3.08. The Balaban J connectivity index is 1.80. The van der Waals surface area contributed by atoms with Crippen molar-refractivity contribution >= 4 is 11.6 Å². The van der Waals surface area contributed by atoms with Crippen LogP contribution in [0.1, 0.15) is 69.7 Å². The molecule has 1 aliphatic rings. The number of hydrogen-bond donors (Lipinski definition) is 0. The van der Waals surface area contributed by atoms with Gasteiger partial charge in [-0.1, -0.05) is 20.8 Å². The molecule has 3 rings (SSSR count). The van der Waals surface area contributed by atoms with Crippen LogP contribution in [-0.4, -0.2) is 56.5 Å². The third-order valence-corrected chi connectivity index (χ3v) is 5.89. The Bertz CT molecular complexity index is 969. The van der Waals surface area contributed by atoms with Gasteiger partial charge in [0.2, 0.25) is 0 Å². The molecule has 2 aromatic heterocycles. The number of anilines is 1. The van der Waals surface area contributed by atoms with Gasteiger partial charge in [0.1, 0.15) is 5.69 Å². The standard InChI is InChI=1S/C22H34N6O2/c1-15(2)25(6)17-11-20(29)28(23-13-17)16-9-8-10-27(14-16)21(30)18-12-19(22(3,4)5)24-26(18)7/h11-13,15-16H,8-10,14H2,1-7H3/t16-/m1/s1. The molecule has 8 heteroatoms. The van der Waals surface area contributed by atoms with Crippen molar-refractivity contribution in [1.82, 2.24) is 24.5 Å². The first-order valence-corrected chi connectivity index (χ1v) is 10.6. The lowest BCUT2D eigenvalue weighted by Crippen LogP contribution is -2.44. The van der Waals surface area contributed by atoms with Crippen molar-refractivity contribution in [3.8, 4) is 0 Å². The molecule has 0 N–H and O–H groups in total. The normalized spacial score (nSPS) is 17.5. The van der Waals surface area contributed by atoms with E-state index < -0.39 is 0 Å². The molecule has 8 nitrogen and oxygen atoms in total. The Hall–Kier alpha value is -2.64. The van der Waals surface area contributed by atoms with E-state index in [1.165, 1.54) is 4.68 Å². The fourth-order valence-corrected chi connectivity index (χ4v) is 3.71. The van der Waals surface area contributed by atoms with Crippen LogP contribution >= 0.6 is 0 Å². The molecule has 0 unspecified atom stereocenters. The van der Waals surface area contributed by atoms with Gasteiger partial charge in [-0.3, -0.25) is 14.3 Å². The van der Waals surface area contributed by atoms with E-state index in [-0.39, 0.29) is 29.0 Å². The van der Waals surface area contributed by atoms with E-state index in [9.17, 15) is 9.59 Å². The second kappa shape index (κ2) is 8.24. The summed E-state index contributed by atoms with van der Waals surface area (Å²) in [6, 6.07) is 3.67. The highest BCUT2D eigenvalue weighted by Gasteiger charge is 2.30. The molecular weight excluding hydrogens is 380 g/mol. The van der Waals surface area contributed by atoms with Crippen molar-refractivity contribution in [3.05, 3.63) is 40.1 Å². The quantitative estimate of drug-likeness (QED) is 0.769. The van der Waals surface area contributed by atoms with E-state index in [0.29, 0.717) is 18.8 Å². The second-order valence-electron chi connectivity index (χ2n) is 9.54. The first-order valence-electron chi connectivity index (χ1n) is 10.6. The van der Waals surface area contributed by atoms with Gasteiger partial charge in [-0.25, -0.2) is 4.68 Å². The summed E-state index contributed by atoms with van der Waals surface area (Å²) in [4.78, 5) is 29.8. The third-order valence-electron chi connectivity index (χ3n) is 5.89. The lowest BCUT2D eigenvalue weighted by Gasteiger charge is -2.33. The predicted octanol–water partition coefficient (Wildman–Crippen LogP) is 2.60. The van der Waals surface area contributed by atoms with Gasteiger partial charge in [-0.2, -0.15) is 10.2 Å². The van der Waals surface area contributed by atoms with Gasteiger partial charge in [0.25, 0.3) is 11.5 Å². The van der Waals surface area contributed by atoms with Gasteiger partial charge in [0.15, 0.2) is 0 Å². The number of nitrogens with zero attached hydrogens (tertiary/aromatic N) is 6. The van der Waals surface area contributed by atoms with Crippen LogP contribution in [0.25, 0.3) is 0 Å². The minimum atomic E-state index is -0.130. The van der Waals surface area contributed by atoms with Crippen LogP contribution in [0.3, 0.4) is 0 Å². The second-order valence-corrected chi connectivity index (χ2v) is 9.54. The maximum Gasteiger partial charge on any atom is 0.272 e. The first-order chi connectivity index (χ1) is 14.0. The maximum absolute atomic E-state index is 13.2. The summed E-state index contributed by atoms with van der Waals surface area (Å²) in [6.07, 6.45) is 3.40. The third kappa shape index (κ3) is 4.42. The zero-order valence-corrected chi connectivity index (χ0v) is 19.2. The van der Waals surface area contributed by atoms with Crippen LogP contribution in [0.4, 0.5) is 5.69 Å². The average molecular weight is 415 g/mol. The zero-order chi connectivity index (χ0) is 22.2. The molecule has 1 atom stereocenters. The summed E-state index contributed by atoms with van der Waals surface area (Å²) in [6.45, 7) is 11.5. The molecule has 3 heterocycles. The number of amides is 1. The van der Waals surface area contributed by atoms with Gasteiger partial charge in [-0.15, -0.1) is 0 Å². The van der Waals surface area contributed by atoms with Crippen molar-refractivity contribution in [2.24, 2.45) is 7.05 Å². The van der Waals surface area contributed by atoms with Gasteiger partial charge < -0.3 is 9.80 Å². The minimum absolute atomic E-state index is 0.0468. The minimum Gasteiger partial charge on any atom is -0.371 e. The van der Waals surface area contributed by atoms with Crippen molar-refractivity contribution < 1.29 is 4.79 Å². The van der Waals surface area contributed by atoms with Crippen LogP contribution in [-0.2, 0) is 12.5 Å². The Morgan fingerprint density at radius 3 is 2.53 bits per heavy atom. The lowest BCUT2D eigenvalue weighted by molar-refractivity contribution is 0.0659. The summed E-state index contributed by atoms with van der Waals surface area (Å²) < 4.78 is 3.19. The number of rotatable bonds is 4. The summed E-state index contributed by atoms with van der Waals surface area (Å²) in [5.74, 6) is -0.0468. The highest BCUT2D eigenvalue weighted by Crippen LogP contribution is 2.25. The molecule has 0 aromatic carbocycles. The Morgan fingerprint density at radius 2 is 1.97 bits per heavy atom. The fraction of sp³-hybridized carbons (Fsp3) is 0.636. The van der Waals surface area contributed by atoms with E-state index in [0.717, 1.165) is 24.2 Å². The molecule has 1 aliphatic heterocycles. The number of hydrogen-bond acceptors (Lipinski definition) is 5. The molecule has 0 bridgehead atoms. The zero-order valence-electron chi connectivity index (χ0n) is 19.2. The van der Waals surface area contributed by atoms with Gasteiger partial charge >= 0.3 is 0 Å². The number of likely N-dealkylation sites (tertiary alicyclic amines) is 1. The van der Waals surface area contributed by atoms with E-state index in [1.54, 1.807) is 24.0 Å². The number of aromatic nitrogens is 4. The summed E-state index contributed by atoms with van der Waals surface area (Å²) in [5.41, 5.74) is 2.02. The van der Waals surface area contributed by atoms with Crippen LogP contribution in [0.15, 0.2) is 23.1 Å². The van der Waals surface area contributed by atoms with Gasteiger partial charge in [0, 0.05) is 44.7 Å². The smallest absolute Gasteiger partial charge is 0.272 e. The maximum atomic E-state index is 13.2. The van der Waals surface area contributed by atoms with Crippen LogP contribution in [0, 0.1) is 0 Å². The number of aryl methyl sites for hydroxylation is 1. The van der Waals surface area contributed by atoms with Gasteiger partial charge in [0.05, 0.1) is 23.6 Å². The summed E-state index contributed by atoms with van der Waals surface area (Å²) in [5, 5.41) is 8.96. The Labute approximate surface area is 178 Å². The lowest BCUT2D eigenvalue weighted by atomic mass is 9.92. The molecular formula is C22H34N6O2. The molecule has 1 saturated heterocycles. The van der Waals surface area contributed by atoms with Crippen molar-refractivity contribution in [2.45, 2.75) is 65.0 Å². The Kier molecular flexibility index (Phi) is 6.06. The molecule has 0 aliphatic carbocycles. The highest BCUT2D eigenvalue weighted by atomic mass is 16.2. The van der Waals surface area contributed by atoms with Gasteiger partial charge in [-0.05, 0) is 32.8 Å². The molecule has 164 valence electrons. The van der Waals surface area contributed by atoms with E-state index in [1.807, 2.05) is 22.9 Å².